The molecule has 2 aromatic rings. The lowest BCUT2D eigenvalue weighted by atomic mass is 9.74. The fraction of sp³-hybridized carbons (Fsp3) is 0.722. The van der Waals surface area contributed by atoms with Gasteiger partial charge in [0.25, 0.3) is 0 Å². The number of nitrogens with zero attached hydrogens (tertiary/aromatic N) is 2. The van der Waals surface area contributed by atoms with Gasteiger partial charge in [0.2, 0.25) is 0 Å². The molecule has 0 amide bonds. The average Bonchev–Trinajstić information content (AvgIpc) is 2.98. The Balaban J connectivity index is 1.31. The molecule has 0 saturated heterocycles. The van der Waals surface area contributed by atoms with Crippen molar-refractivity contribution in [3.8, 4) is 17.1 Å². The van der Waals surface area contributed by atoms with Crippen LogP contribution >= 0.6 is 0 Å². The molecular formula is C36H58N2O. The lowest BCUT2D eigenvalue weighted by Gasteiger charge is -2.32. The van der Waals surface area contributed by atoms with Gasteiger partial charge in [-0.15, -0.1) is 0 Å². The summed E-state index contributed by atoms with van der Waals surface area (Å²) < 4.78 is 6.13. The molecule has 1 aromatic heterocycles. The van der Waals surface area contributed by atoms with Crippen molar-refractivity contribution in [1.82, 2.24) is 9.97 Å². The van der Waals surface area contributed by atoms with Gasteiger partial charge in [-0.3, -0.25) is 0 Å². The Kier molecular flexibility index (Phi) is 16.3. The first-order chi connectivity index (χ1) is 19.3. The van der Waals surface area contributed by atoms with Gasteiger partial charge in [-0.1, -0.05) is 123 Å². The van der Waals surface area contributed by atoms with Gasteiger partial charge in [0.15, 0.2) is 5.82 Å². The molecule has 3 rings (SSSR count). The van der Waals surface area contributed by atoms with Gasteiger partial charge in [-0.05, 0) is 67.3 Å². The van der Waals surface area contributed by atoms with E-state index in [0.717, 1.165) is 42.0 Å². The Hall–Kier alpha value is -1.90. The van der Waals surface area contributed by atoms with E-state index in [0.29, 0.717) is 0 Å². The van der Waals surface area contributed by atoms with Crippen LogP contribution in [0.1, 0.15) is 148 Å². The molecule has 1 aromatic carbocycles. The second-order valence-electron chi connectivity index (χ2n) is 12.2. The van der Waals surface area contributed by atoms with Crippen molar-refractivity contribution in [3.05, 3.63) is 42.2 Å². The van der Waals surface area contributed by atoms with Gasteiger partial charge in [-0.2, -0.15) is 0 Å². The van der Waals surface area contributed by atoms with Gasteiger partial charge < -0.3 is 4.74 Å². The SMILES string of the molecule is CCCCCCCCCC1CCCCC1CCCOc1ccc(-c2ncc(CCCCCCCC)cn2)cc1. The van der Waals surface area contributed by atoms with Crippen LogP contribution in [0.4, 0.5) is 0 Å². The third-order valence-corrected chi connectivity index (χ3v) is 8.87. The minimum absolute atomic E-state index is 0.803. The predicted molar refractivity (Wildman–Crippen MR) is 167 cm³/mol. The Labute approximate surface area is 241 Å². The van der Waals surface area contributed by atoms with Crippen molar-refractivity contribution in [2.75, 3.05) is 6.61 Å². The first-order valence-electron chi connectivity index (χ1n) is 16.8. The molecule has 3 nitrogen and oxygen atoms in total. The number of aromatic nitrogens is 2. The molecule has 1 saturated carbocycles. The minimum atomic E-state index is 0.803. The summed E-state index contributed by atoms with van der Waals surface area (Å²) in [5.74, 6) is 3.65. The highest BCUT2D eigenvalue weighted by Gasteiger charge is 2.24. The Morgan fingerprint density at radius 1 is 0.641 bits per heavy atom. The summed E-state index contributed by atoms with van der Waals surface area (Å²) in [6.07, 6.45) is 32.8. The molecule has 1 aliphatic carbocycles. The van der Waals surface area contributed by atoms with Gasteiger partial charge in [-0.25, -0.2) is 9.97 Å². The van der Waals surface area contributed by atoms with Crippen molar-refractivity contribution in [2.45, 2.75) is 149 Å². The zero-order valence-electron chi connectivity index (χ0n) is 25.5. The number of hydrogen-bond acceptors (Lipinski definition) is 3. The monoisotopic (exact) mass is 534 g/mol. The molecule has 2 atom stereocenters. The molecule has 1 fully saturated rings. The van der Waals surface area contributed by atoms with Gasteiger partial charge in [0, 0.05) is 18.0 Å². The van der Waals surface area contributed by atoms with Crippen LogP contribution in [-0.2, 0) is 6.42 Å². The van der Waals surface area contributed by atoms with E-state index in [1.807, 2.05) is 12.4 Å². The van der Waals surface area contributed by atoms with Crippen molar-refractivity contribution in [1.29, 1.82) is 0 Å². The maximum Gasteiger partial charge on any atom is 0.159 e. The fourth-order valence-corrected chi connectivity index (χ4v) is 6.39. The molecule has 0 N–H and O–H groups in total. The van der Waals surface area contributed by atoms with Crippen LogP contribution in [-0.4, -0.2) is 16.6 Å². The smallest absolute Gasteiger partial charge is 0.159 e. The quantitative estimate of drug-likeness (QED) is 0.149. The van der Waals surface area contributed by atoms with Crippen LogP contribution in [0.2, 0.25) is 0 Å². The zero-order chi connectivity index (χ0) is 27.4. The third-order valence-electron chi connectivity index (χ3n) is 8.87. The molecule has 0 bridgehead atoms. The van der Waals surface area contributed by atoms with E-state index in [1.165, 1.54) is 134 Å². The summed E-state index contributed by atoms with van der Waals surface area (Å²) in [7, 11) is 0. The Bertz CT molecular complexity index is 847. The minimum Gasteiger partial charge on any atom is -0.494 e. The van der Waals surface area contributed by atoms with E-state index < -0.39 is 0 Å². The Morgan fingerprint density at radius 3 is 1.79 bits per heavy atom. The number of ether oxygens (including phenoxy) is 1. The highest BCUT2D eigenvalue weighted by Crippen LogP contribution is 2.36. The maximum absolute atomic E-state index is 6.13. The summed E-state index contributed by atoms with van der Waals surface area (Å²) in [5, 5.41) is 0. The van der Waals surface area contributed by atoms with Crippen molar-refractivity contribution in [2.24, 2.45) is 11.8 Å². The maximum atomic E-state index is 6.13. The number of rotatable bonds is 21. The molecule has 218 valence electrons. The first kappa shape index (κ1) is 31.6. The lowest BCUT2D eigenvalue weighted by molar-refractivity contribution is 0.190. The fourth-order valence-electron chi connectivity index (χ4n) is 6.39. The van der Waals surface area contributed by atoms with E-state index in [-0.39, 0.29) is 0 Å². The molecule has 1 aliphatic rings. The highest BCUT2D eigenvalue weighted by molar-refractivity contribution is 5.55. The van der Waals surface area contributed by atoms with Crippen LogP contribution in [0.25, 0.3) is 11.4 Å². The van der Waals surface area contributed by atoms with Gasteiger partial charge >= 0.3 is 0 Å². The van der Waals surface area contributed by atoms with Crippen LogP contribution in [0.3, 0.4) is 0 Å². The van der Waals surface area contributed by atoms with E-state index >= 15 is 0 Å². The predicted octanol–water partition coefficient (Wildman–Crippen LogP) is 11.2. The number of unbranched alkanes of at least 4 members (excludes halogenated alkanes) is 11. The van der Waals surface area contributed by atoms with Crippen molar-refractivity contribution >= 4 is 0 Å². The number of aryl methyl sites for hydroxylation is 1. The van der Waals surface area contributed by atoms with Crippen LogP contribution in [0, 0.1) is 11.8 Å². The molecule has 2 unspecified atom stereocenters. The van der Waals surface area contributed by atoms with Crippen molar-refractivity contribution < 1.29 is 4.74 Å². The topological polar surface area (TPSA) is 35.0 Å². The summed E-state index contributed by atoms with van der Waals surface area (Å²) in [4.78, 5) is 9.26. The largest absolute Gasteiger partial charge is 0.494 e. The van der Waals surface area contributed by atoms with E-state index in [9.17, 15) is 0 Å². The molecule has 0 aliphatic heterocycles. The Morgan fingerprint density at radius 2 is 1.18 bits per heavy atom. The van der Waals surface area contributed by atoms with Gasteiger partial charge in [0.1, 0.15) is 5.75 Å². The molecule has 39 heavy (non-hydrogen) atoms. The number of benzene rings is 1. The summed E-state index contributed by atoms with van der Waals surface area (Å²) in [5.41, 5.74) is 2.31. The van der Waals surface area contributed by atoms with E-state index in [4.69, 9.17) is 4.74 Å². The molecular weight excluding hydrogens is 476 g/mol. The molecule has 0 spiro atoms. The summed E-state index contributed by atoms with van der Waals surface area (Å²) in [6.45, 7) is 5.39. The molecule has 0 radical (unpaired) electrons. The highest BCUT2D eigenvalue weighted by atomic mass is 16.5. The summed E-state index contributed by atoms with van der Waals surface area (Å²) >= 11 is 0. The van der Waals surface area contributed by atoms with Crippen LogP contribution in [0.5, 0.6) is 5.75 Å². The molecule has 1 heterocycles. The second kappa shape index (κ2) is 20.0. The number of hydrogen-bond donors (Lipinski definition) is 0. The van der Waals surface area contributed by atoms with Crippen LogP contribution in [0.15, 0.2) is 36.7 Å². The summed E-state index contributed by atoms with van der Waals surface area (Å²) in [6, 6.07) is 8.34. The molecule has 3 heteroatoms. The standard InChI is InChI=1S/C36H58N2O/c1-3-5-7-9-11-13-15-20-32-21-16-17-22-33(32)23-18-28-39-35-26-24-34(25-27-35)36-37-29-31(30-38-36)19-14-12-10-8-6-4-2/h24-27,29-30,32-33H,3-23,28H2,1-2H3. The van der Waals surface area contributed by atoms with E-state index in [2.05, 4.69) is 48.1 Å². The zero-order valence-corrected chi connectivity index (χ0v) is 25.5. The third kappa shape index (κ3) is 12.9. The average molecular weight is 535 g/mol. The van der Waals surface area contributed by atoms with Crippen molar-refractivity contribution in [3.63, 3.8) is 0 Å². The normalized spacial score (nSPS) is 17.4. The van der Waals surface area contributed by atoms with E-state index in [1.54, 1.807) is 0 Å². The second-order valence-corrected chi connectivity index (χ2v) is 12.2. The lowest BCUT2D eigenvalue weighted by Crippen LogP contribution is -2.20. The van der Waals surface area contributed by atoms with Crippen LogP contribution < -0.4 is 4.74 Å². The van der Waals surface area contributed by atoms with Gasteiger partial charge in [0.05, 0.1) is 6.61 Å². The first-order valence-corrected chi connectivity index (χ1v) is 16.8.